The van der Waals surface area contributed by atoms with Gasteiger partial charge in [0.15, 0.2) is 0 Å². The van der Waals surface area contributed by atoms with Gasteiger partial charge in [-0.25, -0.2) is 0 Å². The Labute approximate surface area is 78.8 Å². The van der Waals surface area contributed by atoms with Gasteiger partial charge in [0.25, 0.3) is 0 Å². The van der Waals surface area contributed by atoms with E-state index in [1.165, 1.54) is 0 Å². The van der Waals surface area contributed by atoms with E-state index in [4.69, 9.17) is 10.2 Å². The summed E-state index contributed by atoms with van der Waals surface area (Å²) in [7, 11) is 0. The van der Waals surface area contributed by atoms with Crippen LogP contribution in [0.3, 0.4) is 0 Å². The Hall–Kier alpha value is -1.02. The van der Waals surface area contributed by atoms with Crippen LogP contribution in [-0.2, 0) is 6.42 Å². The number of hydrogen-bond acceptors (Lipinski definition) is 2. The Morgan fingerprint density at radius 2 is 1.69 bits per heavy atom. The zero-order valence-electron chi connectivity index (χ0n) is 8.12. The molecule has 0 aliphatic heterocycles. The van der Waals surface area contributed by atoms with Crippen LogP contribution >= 0.6 is 0 Å². The molecule has 1 aromatic rings. The monoisotopic (exact) mass is 180 g/mol. The lowest BCUT2D eigenvalue weighted by atomic mass is 9.87. The van der Waals surface area contributed by atoms with Crippen LogP contribution in [0.2, 0.25) is 0 Å². The fraction of sp³-hybridized carbons (Fsp3) is 0.455. The van der Waals surface area contributed by atoms with Crippen molar-refractivity contribution in [3.05, 3.63) is 29.8 Å². The average molecular weight is 180 g/mol. The predicted molar refractivity (Wildman–Crippen MR) is 52.7 cm³/mol. The summed E-state index contributed by atoms with van der Waals surface area (Å²) in [6.07, 6.45) is 0.823. The van der Waals surface area contributed by atoms with E-state index in [9.17, 15) is 0 Å². The van der Waals surface area contributed by atoms with Gasteiger partial charge in [-0.15, -0.1) is 0 Å². The van der Waals surface area contributed by atoms with Crippen LogP contribution in [-0.4, -0.2) is 16.8 Å². The Morgan fingerprint density at radius 3 is 2.15 bits per heavy atom. The molecule has 0 fully saturated rings. The molecule has 0 heterocycles. The first-order valence-electron chi connectivity index (χ1n) is 4.42. The van der Waals surface area contributed by atoms with E-state index in [1.54, 1.807) is 12.1 Å². The number of rotatable bonds is 3. The van der Waals surface area contributed by atoms with Crippen molar-refractivity contribution in [2.75, 3.05) is 6.61 Å². The van der Waals surface area contributed by atoms with Crippen molar-refractivity contribution in [3.8, 4) is 5.75 Å². The van der Waals surface area contributed by atoms with E-state index in [0.29, 0.717) is 0 Å². The molecule has 0 aliphatic carbocycles. The molecule has 2 heteroatoms. The van der Waals surface area contributed by atoms with Crippen molar-refractivity contribution in [1.82, 2.24) is 0 Å². The molecule has 0 radical (unpaired) electrons. The van der Waals surface area contributed by atoms with Crippen molar-refractivity contribution in [1.29, 1.82) is 0 Å². The number of benzene rings is 1. The molecule has 0 bridgehead atoms. The van der Waals surface area contributed by atoms with Gasteiger partial charge in [0.2, 0.25) is 0 Å². The fourth-order valence-electron chi connectivity index (χ4n) is 1.22. The van der Waals surface area contributed by atoms with Gasteiger partial charge in [0.05, 0.1) is 0 Å². The van der Waals surface area contributed by atoms with Crippen LogP contribution in [0.5, 0.6) is 5.75 Å². The smallest absolute Gasteiger partial charge is 0.115 e. The third-order valence-corrected chi connectivity index (χ3v) is 2.05. The van der Waals surface area contributed by atoms with Crippen molar-refractivity contribution in [3.63, 3.8) is 0 Å². The summed E-state index contributed by atoms with van der Waals surface area (Å²) >= 11 is 0. The summed E-state index contributed by atoms with van der Waals surface area (Å²) in [4.78, 5) is 0. The third-order valence-electron chi connectivity index (χ3n) is 2.05. The summed E-state index contributed by atoms with van der Waals surface area (Å²) in [5.41, 5.74) is 1.05. The third kappa shape index (κ3) is 3.07. The number of aromatic hydroxyl groups is 1. The molecule has 13 heavy (non-hydrogen) atoms. The van der Waals surface area contributed by atoms with Crippen LogP contribution in [0.4, 0.5) is 0 Å². The van der Waals surface area contributed by atoms with Gasteiger partial charge in [-0.3, -0.25) is 0 Å². The molecule has 72 valence electrons. The number of phenols is 1. The van der Waals surface area contributed by atoms with Crippen LogP contribution in [0.1, 0.15) is 19.4 Å². The minimum Gasteiger partial charge on any atom is -0.508 e. The first-order valence-corrected chi connectivity index (χ1v) is 4.42. The standard InChI is InChI=1S/C11H16O2/c1-11(2,8-12)7-9-3-5-10(13)6-4-9/h3-6,12-13H,7-8H2,1-2H3. The molecule has 1 rings (SSSR count). The molecule has 0 aliphatic rings. The van der Waals surface area contributed by atoms with E-state index in [0.717, 1.165) is 12.0 Å². The molecule has 0 amide bonds. The molecule has 0 saturated heterocycles. The fourth-order valence-corrected chi connectivity index (χ4v) is 1.22. The average Bonchev–Trinajstić information content (AvgIpc) is 2.09. The lowest BCUT2D eigenvalue weighted by molar-refractivity contribution is 0.159. The van der Waals surface area contributed by atoms with Crippen molar-refractivity contribution in [2.24, 2.45) is 5.41 Å². The second-order valence-electron chi connectivity index (χ2n) is 4.17. The molecule has 2 nitrogen and oxygen atoms in total. The van der Waals surface area contributed by atoms with E-state index in [-0.39, 0.29) is 17.8 Å². The van der Waals surface area contributed by atoms with Gasteiger partial charge in [-0.2, -0.15) is 0 Å². The van der Waals surface area contributed by atoms with Crippen molar-refractivity contribution < 1.29 is 10.2 Å². The van der Waals surface area contributed by atoms with E-state index in [1.807, 2.05) is 26.0 Å². The highest BCUT2D eigenvalue weighted by atomic mass is 16.3. The number of aliphatic hydroxyl groups is 1. The molecule has 2 N–H and O–H groups in total. The molecular weight excluding hydrogens is 164 g/mol. The van der Waals surface area contributed by atoms with Crippen LogP contribution < -0.4 is 0 Å². The minimum atomic E-state index is -0.0863. The summed E-state index contributed by atoms with van der Waals surface area (Å²) in [5.74, 6) is 0.283. The Balaban J connectivity index is 2.69. The van der Waals surface area contributed by atoms with Gasteiger partial charge in [0, 0.05) is 6.61 Å². The van der Waals surface area contributed by atoms with Crippen LogP contribution in [0.25, 0.3) is 0 Å². The van der Waals surface area contributed by atoms with E-state index in [2.05, 4.69) is 0 Å². The van der Waals surface area contributed by atoms with Crippen molar-refractivity contribution in [2.45, 2.75) is 20.3 Å². The zero-order chi connectivity index (χ0) is 9.90. The predicted octanol–water partition coefficient (Wildman–Crippen LogP) is 1.95. The van der Waals surface area contributed by atoms with E-state index >= 15 is 0 Å². The highest BCUT2D eigenvalue weighted by Gasteiger charge is 2.16. The van der Waals surface area contributed by atoms with Gasteiger partial charge in [-0.05, 0) is 29.5 Å². The maximum absolute atomic E-state index is 9.06. The largest absolute Gasteiger partial charge is 0.508 e. The Morgan fingerprint density at radius 1 is 1.15 bits per heavy atom. The number of aliphatic hydroxyl groups excluding tert-OH is 1. The van der Waals surface area contributed by atoms with Crippen LogP contribution in [0.15, 0.2) is 24.3 Å². The molecular formula is C11H16O2. The highest BCUT2D eigenvalue weighted by molar-refractivity contribution is 5.26. The molecule has 1 aromatic carbocycles. The summed E-state index contributed by atoms with van der Waals surface area (Å²) < 4.78 is 0. The summed E-state index contributed by atoms with van der Waals surface area (Å²) in [6, 6.07) is 7.10. The highest BCUT2D eigenvalue weighted by Crippen LogP contribution is 2.21. The molecule has 0 unspecified atom stereocenters. The Kier molecular flexibility index (Phi) is 2.94. The maximum atomic E-state index is 9.06. The molecule has 0 atom stereocenters. The lowest BCUT2D eigenvalue weighted by Gasteiger charge is -2.21. The van der Waals surface area contributed by atoms with Gasteiger partial charge >= 0.3 is 0 Å². The number of phenolic OH excluding ortho intramolecular Hbond substituents is 1. The van der Waals surface area contributed by atoms with E-state index < -0.39 is 0 Å². The van der Waals surface area contributed by atoms with Crippen LogP contribution in [0, 0.1) is 5.41 Å². The van der Waals surface area contributed by atoms with Gasteiger partial charge in [-0.1, -0.05) is 26.0 Å². The first-order chi connectivity index (χ1) is 6.03. The van der Waals surface area contributed by atoms with Gasteiger partial charge in [0.1, 0.15) is 5.75 Å². The Bertz CT molecular complexity index is 262. The molecule has 0 spiro atoms. The van der Waals surface area contributed by atoms with Gasteiger partial charge < -0.3 is 10.2 Å². The zero-order valence-corrected chi connectivity index (χ0v) is 8.12. The summed E-state index contributed by atoms with van der Waals surface area (Å²) in [5, 5.41) is 18.1. The second-order valence-corrected chi connectivity index (χ2v) is 4.17. The molecule has 0 aromatic heterocycles. The number of hydrogen-bond donors (Lipinski definition) is 2. The molecule has 0 saturated carbocycles. The summed E-state index contributed by atoms with van der Waals surface area (Å²) in [6.45, 7) is 4.20. The quantitative estimate of drug-likeness (QED) is 0.746. The SMILES string of the molecule is CC(C)(CO)Cc1ccc(O)cc1. The topological polar surface area (TPSA) is 40.5 Å². The first kappa shape index (κ1) is 10.1. The van der Waals surface area contributed by atoms with Crippen molar-refractivity contribution >= 4 is 0 Å². The maximum Gasteiger partial charge on any atom is 0.115 e. The normalized spacial score (nSPS) is 11.6. The second kappa shape index (κ2) is 3.79. The minimum absolute atomic E-state index is 0.0863. The lowest BCUT2D eigenvalue weighted by Crippen LogP contribution is -2.19.